The molecule has 2 aliphatic rings. The number of nitrogens with zero attached hydrogens (tertiary/aromatic N) is 3. The molecule has 0 bridgehead atoms. The van der Waals surface area contributed by atoms with Gasteiger partial charge in [0.1, 0.15) is 0 Å². The van der Waals surface area contributed by atoms with Crippen LogP contribution in [0.1, 0.15) is 45.8 Å². The maximum Gasteiger partial charge on any atom is 0.253 e. The van der Waals surface area contributed by atoms with Gasteiger partial charge in [0.2, 0.25) is 0 Å². The smallest absolute Gasteiger partial charge is 0.253 e. The highest BCUT2D eigenvalue weighted by atomic mass is 16.5. The second-order valence-corrected chi connectivity index (χ2v) is 7.19. The lowest BCUT2D eigenvalue weighted by molar-refractivity contribution is 0.0617. The molecule has 132 valence electrons. The van der Waals surface area contributed by atoms with Crippen molar-refractivity contribution >= 4 is 5.91 Å². The van der Waals surface area contributed by atoms with Crippen molar-refractivity contribution in [2.75, 3.05) is 26.2 Å². The first-order valence-corrected chi connectivity index (χ1v) is 9.25. The fraction of sp³-hybridized carbons (Fsp3) is 0.500. The van der Waals surface area contributed by atoms with E-state index in [9.17, 15) is 4.79 Å². The molecule has 1 amide bonds. The summed E-state index contributed by atoms with van der Waals surface area (Å²) in [6.45, 7) is 5.98. The van der Waals surface area contributed by atoms with Crippen LogP contribution in [0.4, 0.5) is 0 Å². The SMILES string of the molecule is Cc1cc(CN2CCN(C(=O)c3ccc4c(c3)CCCC4)CC2)on1. The monoisotopic (exact) mass is 339 g/mol. The van der Waals surface area contributed by atoms with Crippen molar-refractivity contribution in [2.45, 2.75) is 39.2 Å². The van der Waals surface area contributed by atoms with Crippen molar-refractivity contribution in [3.63, 3.8) is 0 Å². The van der Waals surface area contributed by atoms with E-state index in [1.807, 2.05) is 24.0 Å². The zero-order chi connectivity index (χ0) is 17.2. The molecule has 0 spiro atoms. The third-order valence-corrected chi connectivity index (χ3v) is 5.31. The van der Waals surface area contributed by atoms with Gasteiger partial charge in [-0.25, -0.2) is 0 Å². The van der Waals surface area contributed by atoms with E-state index in [1.54, 1.807) is 0 Å². The van der Waals surface area contributed by atoms with Gasteiger partial charge in [0, 0.05) is 37.8 Å². The Hall–Kier alpha value is -2.14. The Morgan fingerprint density at radius 2 is 1.84 bits per heavy atom. The molecule has 1 aromatic carbocycles. The van der Waals surface area contributed by atoms with Crippen molar-refractivity contribution in [3.8, 4) is 0 Å². The molecule has 0 radical (unpaired) electrons. The van der Waals surface area contributed by atoms with Crippen LogP contribution in [0.3, 0.4) is 0 Å². The largest absolute Gasteiger partial charge is 0.360 e. The second-order valence-electron chi connectivity index (χ2n) is 7.19. The van der Waals surface area contributed by atoms with Crippen molar-refractivity contribution in [1.82, 2.24) is 15.0 Å². The molecule has 4 rings (SSSR count). The Kier molecular flexibility index (Phi) is 4.57. The Bertz CT molecular complexity index is 760. The predicted molar refractivity (Wildman–Crippen MR) is 95.5 cm³/mol. The summed E-state index contributed by atoms with van der Waals surface area (Å²) >= 11 is 0. The molecule has 1 saturated heterocycles. The van der Waals surface area contributed by atoms with Gasteiger partial charge in [-0.2, -0.15) is 0 Å². The lowest BCUT2D eigenvalue weighted by Gasteiger charge is -2.34. The summed E-state index contributed by atoms with van der Waals surface area (Å²) < 4.78 is 5.29. The minimum Gasteiger partial charge on any atom is -0.360 e. The van der Waals surface area contributed by atoms with Gasteiger partial charge in [0.25, 0.3) is 5.91 Å². The zero-order valence-corrected chi connectivity index (χ0v) is 14.8. The number of aryl methyl sites for hydroxylation is 3. The van der Waals surface area contributed by atoms with Gasteiger partial charge in [-0.05, 0) is 55.9 Å². The molecule has 0 atom stereocenters. The van der Waals surface area contributed by atoms with Crippen molar-refractivity contribution in [3.05, 3.63) is 52.4 Å². The van der Waals surface area contributed by atoms with Gasteiger partial charge in [-0.3, -0.25) is 9.69 Å². The van der Waals surface area contributed by atoms with Gasteiger partial charge < -0.3 is 9.42 Å². The highest BCUT2D eigenvalue weighted by Gasteiger charge is 2.23. The van der Waals surface area contributed by atoms with Crippen LogP contribution in [0.2, 0.25) is 0 Å². The quantitative estimate of drug-likeness (QED) is 0.863. The molecule has 0 saturated carbocycles. The molecule has 2 aromatic rings. The van der Waals surface area contributed by atoms with Gasteiger partial charge in [-0.1, -0.05) is 11.2 Å². The average Bonchev–Trinajstić information content (AvgIpc) is 3.06. The van der Waals surface area contributed by atoms with E-state index in [4.69, 9.17) is 4.52 Å². The number of amides is 1. The summed E-state index contributed by atoms with van der Waals surface area (Å²) in [7, 11) is 0. The predicted octanol–water partition coefficient (Wildman–Crippen LogP) is 2.82. The van der Waals surface area contributed by atoms with Gasteiger partial charge in [0.15, 0.2) is 5.76 Å². The number of piperazine rings is 1. The van der Waals surface area contributed by atoms with Gasteiger partial charge in [0.05, 0.1) is 12.2 Å². The zero-order valence-electron chi connectivity index (χ0n) is 14.8. The number of aromatic nitrogens is 1. The van der Waals surface area contributed by atoms with Crippen LogP contribution in [0, 0.1) is 6.92 Å². The number of rotatable bonds is 3. The first-order chi connectivity index (χ1) is 12.2. The Morgan fingerprint density at radius 3 is 2.56 bits per heavy atom. The minimum atomic E-state index is 0.170. The van der Waals surface area contributed by atoms with Crippen molar-refractivity contribution in [2.24, 2.45) is 0 Å². The maximum absolute atomic E-state index is 12.8. The van der Waals surface area contributed by atoms with Crippen LogP contribution in [-0.2, 0) is 19.4 Å². The molecule has 1 aromatic heterocycles. The molecule has 1 aliphatic heterocycles. The molecule has 25 heavy (non-hydrogen) atoms. The standard InChI is InChI=1S/C20H25N3O2/c1-15-12-19(25-21-15)14-22-8-10-23(11-9-22)20(24)18-7-6-16-4-2-3-5-17(16)13-18/h6-7,12-13H,2-5,8-11,14H2,1H3. The molecule has 5 nitrogen and oxygen atoms in total. The van der Waals surface area contributed by atoms with E-state index in [0.29, 0.717) is 0 Å². The number of hydrogen-bond donors (Lipinski definition) is 0. The van der Waals surface area contributed by atoms with E-state index in [-0.39, 0.29) is 5.91 Å². The van der Waals surface area contributed by atoms with Gasteiger partial charge >= 0.3 is 0 Å². The third-order valence-electron chi connectivity index (χ3n) is 5.31. The third kappa shape index (κ3) is 3.61. The molecule has 1 fully saturated rings. The van der Waals surface area contributed by atoms with Crippen LogP contribution in [0.15, 0.2) is 28.8 Å². The number of hydrogen-bond acceptors (Lipinski definition) is 4. The van der Waals surface area contributed by atoms with Crippen LogP contribution < -0.4 is 0 Å². The molecule has 0 N–H and O–H groups in total. The van der Waals surface area contributed by atoms with Crippen LogP contribution in [-0.4, -0.2) is 47.0 Å². The van der Waals surface area contributed by atoms with Crippen LogP contribution in [0.25, 0.3) is 0 Å². The fourth-order valence-electron chi connectivity index (χ4n) is 3.87. The Morgan fingerprint density at radius 1 is 1.08 bits per heavy atom. The van der Waals surface area contributed by atoms with Gasteiger partial charge in [-0.15, -0.1) is 0 Å². The number of carbonyl (C=O) groups is 1. The number of carbonyl (C=O) groups excluding carboxylic acids is 1. The summed E-state index contributed by atoms with van der Waals surface area (Å²) in [5.74, 6) is 1.07. The molecule has 0 unspecified atom stereocenters. The van der Waals surface area contributed by atoms with E-state index < -0.39 is 0 Å². The first-order valence-electron chi connectivity index (χ1n) is 9.25. The topological polar surface area (TPSA) is 49.6 Å². The Labute approximate surface area is 148 Å². The summed E-state index contributed by atoms with van der Waals surface area (Å²) in [6, 6.07) is 8.27. The summed E-state index contributed by atoms with van der Waals surface area (Å²) in [6.07, 6.45) is 4.78. The average molecular weight is 339 g/mol. The lowest BCUT2D eigenvalue weighted by Crippen LogP contribution is -2.48. The minimum absolute atomic E-state index is 0.170. The van der Waals surface area contributed by atoms with E-state index in [2.05, 4.69) is 22.2 Å². The van der Waals surface area contributed by atoms with Crippen molar-refractivity contribution in [1.29, 1.82) is 0 Å². The first kappa shape index (κ1) is 16.3. The summed E-state index contributed by atoms with van der Waals surface area (Å²) in [4.78, 5) is 17.1. The lowest BCUT2D eigenvalue weighted by atomic mass is 9.90. The Balaban J connectivity index is 1.36. The summed E-state index contributed by atoms with van der Waals surface area (Å²) in [5.41, 5.74) is 4.56. The highest BCUT2D eigenvalue weighted by molar-refractivity contribution is 5.94. The number of benzene rings is 1. The summed E-state index contributed by atoms with van der Waals surface area (Å²) in [5, 5.41) is 3.93. The van der Waals surface area contributed by atoms with Crippen molar-refractivity contribution < 1.29 is 9.32 Å². The van der Waals surface area contributed by atoms with E-state index in [0.717, 1.165) is 62.6 Å². The van der Waals surface area contributed by atoms with Crippen LogP contribution in [0.5, 0.6) is 0 Å². The fourth-order valence-corrected chi connectivity index (χ4v) is 3.87. The second kappa shape index (κ2) is 7.00. The highest BCUT2D eigenvalue weighted by Crippen LogP contribution is 2.23. The number of fused-ring (bicyclic) bond motifs is 1. The molecule has 2 heterocycles. The normalized spacial score (nSPS) is 18.2. The maximum atomic E-state index is 12.8. The van der Waals surface area contributed by atoms with E-state index >= 15 is 0 Å². The molecule has 5 heteroatoms. The molecule has 1 aliphatic carbocycles. The van der Waals surface area contributed by atoms with Crippen LogP contribution >= 0.6 is 0 Å². The molecular formula is C20H25N3O2. The van der Waals surface area contributed by atoms with E-state index in [1.165, 1.54) is 24.0 Å². The molecular weight excluding hydrogens is 314 g/mol.